The van der Waals surface area contributed by atoms with E-state index in [9.17, 15) is 0 Å². The summed E-state index contributed by atoms with van der Waals surface area (Å²) in [6, 6.07) is 54.1. The molecule has 0 fully saturated rings. The maximum Gasteiger partial charge on any atom is 0.0443 e. The summed E-state index contributed by atoms with van der Waals surface area (Å²) in [4.78, 5) is 0. The Labute approximate surface area is 272 Å². The van der Waals surface area contributed by atoms with E-state index in [0.717, 1.165) is 0 Å². The van der Waals surface area contributed by atoms with Gasteiger partial charge in [-0.15, -0.1) is 11.3 Å². The molecule has 0 amide bonds. The molecule has 0 nitrogen and oxygen atoms in total. The van der Waals surface area contributed by atoms with Crippen LogP contribution in [0.5, 0.6) is 0 Å². The average molecular weight is 603 g/mol. The highest BCUT2D eigenvalue weighted by Gasteiger charge is 2.39. The molecule has 0 spiro atoms. The molecule has 9 aromatic rings. The van der Waals surface area contributed by atoms with Gasteiger partial charge in [-0.3, -0.25) is 0 Å². The van der Waals surface area contributed by atoms with E-state index in [-0.39, 0.29) is 5.41 Å². The molecule has 0 unspecified atom stereocenters. The second-order valence-electron chi connectivity index (χ2n) is 13.2. The van der Waals surface area contributed by atoms with Crippen LogP contribution >= 0.6 is 11.3 Å². The van der Waals surface area contributed by atoms with Gasteiger partial charge in [0, 0.05) is 31.2 Å². The summed E-state index contributed by atoms with van der Waals surface area (Å²) >= 11 is 1.95. The van der Waals surface area contributed by atoms with Crippen molar-refractivity contribution in [3.8, 4) is 33.4 Å². The predicted molar refractivity (Wildman–Crippen MR) is 200 cm³/mol. The molecule has 0 radical (unpaired) electrons. The maximum absolute atomic E-state index is 2.51. The van der Waals surface area contributed by atoms with Crippen molar-refractivity contribution >= 4 is 63.8 Å². The molecule has 8 aromatic carbocycles. The van der Waals surface area contributed by atoms with E-state index in [1.165, 1.54) is 97.0 Å². The molecule has 1 heterocycles. The van der Waals surface area contributed by atoms with Gasteiger partial charge in [0.25, 0.3) is 0 Å². The highest BCUT2D eigenvalue weighted by Crippen LogP contribution is 2.58. The minimum Gasteiger partial charge on any atom is -0.134 e. The number of rotatable bonds is 2. The van der Waals surface area contributed by atoms with Crippen LogP contribution < -0.4 is 0 Å². The number of fused-ring (bicyclic) bond motifs is 12. The number of hydrogen-bond donors (Lipinski definition) is 0. The Kier molecular flexibility index (Phi) is 5.31. The molecule has 1 aromatic heterocycles. The van der Waals surface area contributed by atoms with Crippen molar-refractivity contribution in [2.75, 3.05) is 0 Å². The van der Waals surface area contributed by atoms with E-state index in [1.807, 2.05) is 11.3 Å². The molecule has 0 N–H and O–H groups in total. The molecule has 216 valence electrons. The van der Waals surface area contributed by atoms with Gasteiger partial charge in [0.1, 0.15) is 0 Å². The summed E-state index contributed by atoms with van der Waals surface area (Å²) < 4.78 is 2.77. The Morgan fingerprint density at radius 2 is 0.957 bits per heavy atom. The molecule has 1 aliphatic rings. The van der Waals surface area contributed by atoms with Crippen LogP contribution in [0.15, 0.2) is 146 Å². The monoisotopic (exact) mass is 602 g/mol. The third kappa shape index (κ3) is 3.39. The fourth-order valence-corrected chi connectivity index (χ4v) is 9.77. The van der Waals surface area contributed by atoms with Crippen LogP contribution in [-0.4, -0.2) is 0 Å². The van der Waals surface area contributed by atoms with Gasteiger partial charge in [-0.25, -0.2) is 0 Å². The van der Waals surface area contributed by atoms with Gasteiger partial charge in [0.15, 0.2) is 0 Å². The van der Waals surface area contributed by atoms with Gasteiger partial charge in [-0.2, -0.15) is 0 Å². The van der Waals surface area contributed by atoms with Gasteiger partial charge < -0.3 is 0 Å². The third-order valence-electron chi connectivity index (χ3n) is 10.4. The lowest BCUT2D eigenvalue weighted by atomic mass is 9.78. The zero-order valence-electron chi connectivity index (χ0n) is 25.8. The quantitative estimate of drug-likeness (QED) is 0.173. The first-order valence-electron chi connectivity index (χ1n) is 16.1. The van der Waals surface area contributed by atoms with Gasteiger partial charge in [-0.05, 0) is 83.4 Å². The number of thiophene rings is 1. The van der Waals surface area contributed by atoms with Crippen molar-refractivity contribution < 1.29 is 0 Å². The van der Waals surface area contributed by atoms with Crippen LogP contribution in [0.1, 0.15) is 25.0 Å². The Morgan fingerprint density at radius 3 is 1.61 bits per heavy atom. The summed E-state index contributed by atoms with van der Waals surface area (Å²) in [5.74, 6) is 0. The summed E-state index contributed by atoms with van der Waals surface area (Å²) in [7, 11) is 0. The van der Waals surface area contributed by atoms with E-state index in [4.69, 9.17) is 0 Å². The van der Waals surface area contributed by atoms with Gasteiger partial charge >= 0.3 is 0 Å². The normalized spacial score (nSPS) is 13.6. The molecule has 0 aliphatic heterocycles. The van der Waals surface area contributed by atoms with Gasteiger partial charge in [-0.1, -0.05) is 147 Å². The lowest BCUT2D eigenvalue weighted by Crippen LogP contribution is -2.15. The molecule has 0 saturated heterocycles. The molecule has 0 saturated carbocycles. The van der Waals surface area contributed by atoms with E-state index < -0.39 is 0 Å². The Bertz CT molecular complexity index is 2650. The number of benzene rings is 8. The first-order valence-corrected chi connectivity index (χ1v) is 16.9. The standard InChI is InChI=1S/C45H30S/c1-45(2)37-26-28(40-31-18-8-6-16-29(31)39(27-14-4-3-5-15-27)30-17-7-9-19-32(30)40)24-25-35(37)42-43(45)34-21-11-10-20-33(34)41-36-22-12-13-23-38(36)46-44(41)42/h3-26H,1-2H3. The highest BCUT2D eigenvalue weighted by atomic mass is 32.1. The smallest absolute Gasteiger partial charge is 0.0443 e. The molecular formula is C45H30S. The van der Waals surface area contributed by atoms with E-state index in [0.29, 0.717) is 0 Å². The minimum atomic E-state index is -0.153. The SMILES string of the molecule is CC1(C)c2cc(-c3c4ccccc4c(-c4ccccc4)c4ccccc34)ccc2-c2c1c1ccccc1c1c2sc2ccccc21. The van der Waals surface area contributed by atoms with Crippen molar-refractivity contribution in [2.45, 2.75) is 19.3 Å². The van der Waals surface area contributed by atoms with Crippen molar-refractivity contribution in [1.29, 1.82) is 0 Å². The molecule has 1 heteroatoms. The molecule has 1 aliphatic carbocycles. The average Bonchev–Trinajstić information content (AvgIpc) is 3.60. The first kappa shape index (κ1) is 26.0. The fourth-order valence-electron chi connectivity index (χ4n) is 8.49. The molecule has 0 bridgehead atoms. The second-order valence-corrected chi connectivity index (χ2v) is 14.2. The van der Waals surface area contributed by atoms with Gasteiger partial charge in [0.05, 0.1) is 0 Å². The first-order chi connectivity index (χ1) is 22.6. The van der Waals surface area contributed by atoms with Crippen molar-refractivity contribution in [3.05, 3.63) is 157 Å². The van der Waals surface area contributed by atoms with E-state index in [1.54, 1.807) is 0 Å². The lowest BCUT2D eigenvalue weighted by Gasteiger charge is -2.24. The third-order valence-corrected chi connectivity index (χ3v) is 11.6. The van der Waals surface area contributed by atoms with Crippen LogP contribution in [0.4, 0.5) is 0 Å². The zero-order chi connectivity index (χ0) is 30.6. The molecular weight excluding hydrogens is 573 g/mol. The molecule has 46 heavy (non-hydrogen) atoms. The van der Waals surface area contributed by atoms with Crippen LogP contribution in [0, 0.1) is 0 Å². The topological polar surface area (TPSA) is 0 Å². The van der Waals surface area contributed by atoms with Crippen LogP contribution in [0.25, 0.3) is 85.9 Å². The predicted octanol–water partition coefficient (Wildman–Crippen LogP) is 13.2. The Hall–Kier alpha value is -5.24. The minimum absolute atomic E-state index is 0.153. The van der Waals surface area contributed by atoms with Crippen molar-refractivity contribution in [2.24, 2.45) is 0 Å². The van der Waals surface area contributed by atoms with Crippen molar-refractivity contribution in [1.82, 2.24) is 0 Å². The van der Waals surface area contributed by atoms with Crippen molar-refractivity contribution in [3.63, 3.8) is 0 Å². The van der Waals surface area contributed by atoms with Crippen LogP contribution in [0.2, 0.25) is 0 Å². The molecule has 10 rings (SSSR count). The Balaban J connectivity index is 1.30. The Morgan fingerprint density at radius 1 is 0.435 bits per heavy atom. The lowest BCUT2D eigenvalue weighted by molar-refractivity contribution is 0.667. The summed E-state index contributed by atoms with van der Waals surface area (Å²) in [6.07, 6.45) is 0. The molecule has 0 atom stereocenters. The summed E-state index contributed by atoms with van der Waals surface area (Å²) in [5, 5.41) is 10.7. The largest absolute Gasteiger partial charge is 0.134 e. The van der Waals surface area contributed by atoms with E-state index in [2.05, 4.69) is 159 Å². The van der Waals surface area contributed by atoms with E-state index >= 15 is 0 Å². The fraction of sp³-hybridized carbons (Fsp3) is 0.0667. The number of hydrogen-bond acceptors (Lipinski definition) is 1. The zero-order valence-corrected chi connectivity index (χ0v) is 26.6. The maximum atomic E-state index is 2.51. The second kappa shape index (κ2) is 9.39. The van der Waals surface area contributed by atoms with Crippen LogP contribution in [0.3, 0.4) is 0 Å². The highest BCUT2D eigenvalue weighted by molar-refractivity contribution is 7.26. The van der Waals surface area contributed by atoms with Crippen LogP contribution in [-0.2, 0) is 5.41 Å². The summed E-state index contributed by atoms with van der Waals surface area (Å²) in [5.41, 5.74) is 10.7. The van der Waals surface area contributed by atoms with Gasteiger partial charge in [0.2, 0.25) is 0 Å². The summed E-state index contributed by atoms with van der Waals surface area (Å²) in [6.45, 7) is 4.86.